The van der Waals surface area contributed by atoms with Gasteiger partial charge in [0.25, 0.3) is 0 Å². The van der Waals surface area contributed by atoms with E-state index in [9.17, 15) is 8.42 Å². The van der Waals surface area contributed by atoms with Gasteiger partial charge in [-0.05, 0) is 12.1 Å². The lowest BCUT2D eigenvalue weighted by molar-refractivity contribution is -0.159. The topological polar surface area (TPSA) is 160 Å². The molecule has 0 fully saturated rings. The number of hydrogen-bond acceptors (Lipinski definition) is 6. The number of carboxylic acid groups (broad SMARTS) is 2. The second kappa shape index (κ2) is 8.96. The molecule has 0 atom stereocenters. The number of nitrogens with two attached hydrogens (primary N) is 1. The van der Waals surface area contributed by atoms with Crippen molar-refractivity contribution in [3.8, 4) is 0 Å². The first-order chi connectivity index (χ1) is 9.22. The Morgan fingerprint density at radius 3 is 2.25 bits per heavy atom. The van der Waals surface area contributed by atoms with Crippen molar-refractivity contribution in [1.82, 2.24) is 10.3 Å². The minimum absolute atomic E-state index is 0.0557. The van der Waals surface area contributed by atoms with E-state index in [4.69, 9.17) is 24.9 Å². The summed E-state index contributed by atoms with van der Waals surface area (Å²) >= 11 is 0. The Bertz CT molecular complexity index is 519. The van der Waals surface area contributed by atoms with Crippen LogP contribution in [0.1, 0.15) is 5.69 Å². The quantitative estimate of drug-likeness (QED) is 0.382. The molecule has 0 aliphatic heterocycles. The highest BCUT2D eigenvalue weighted by molar-refractivity contribution is 7.89. The van der Waals surface area contributed by atoms with Crippen LogP contribution in [0.4, 0.5) is 0 Å². The summed E-state index contributed by atoms with van der Waals surface area (Å²) in [5, 5.41) is 22.6. The second-order valence-corrected chi connectivity index (χ2v) is 5.21. The molecule has 0 spiro atoms. The third-order valence-corrected chi connectivity index (χ3v) is 2.55. The van der Waals surface area contributed by atoms with Gasteiger partial charge in [0.15, 0.2) is 0 Å². The lowest BCUT2D eigenvalue weighted by Crippen LogP contribution is -2.27. The highest BCUT2D eigenvalue weighted by Crippen LogP contribution is 1.91. The predicted molar refractivity (Wildman–Crippen MR) is 69.2 cm³/mol. The van der Waals surface area contributed by atoms with Gasteiger partial charge in [0.2, 0.25) is 10.0 Å². The molecule has 20 heavy (non-hydrogen) atoms. The van der Waals surface area contributed by atoms with Gasteiger partial charge < -0.3 is 15.5 Å². The fourth-order valence-corrected chi connectivity index (χ4v) is 1.36. The van der Waals surface area contributed by atoms with Crippen molar-refractivity contribution in [2.24, 2.45) is 5.14 Å². The zero-order valence-corrected chi connectivity index (χ0v) is 11.2. The van der Waals surface area contributed by atoms with Crippen LogP contribution in [0.2, 0.25) is 0 Å². The molecule has 0 saturated carbocycles. The molecule has 9 nitrogen and oxygen atoms in total. The van der Waals surface area contributed by atoms with E-state index in [1.165, 1.54) is 0 Å². The van der Waals surface area contributed by atoms with E-state index in [0.717, 1.165) is 5.69 Å². The summed E-state index contributed by atoms with van der Waals surface area (Å²) in [6.07, 6.45) is 1.69. The number of rotatable bonds is 5. The average molecular weight is 305 g/mol. The smallest absolute Gasteiger partial charge is 0.414 e. The van der Waals surface area contributed by atoms with E-state index < -0.39 is 22.0 Å². The standard InChI is InChI=1S/C8H13N3O2S.C2H2O4/c9-14(12,13)6-5-10-7-8-3-1-2-4-11-8;3-1(4)2(5)6/h1-4,10H,5-7H2,(H2,9,12,13);(H,3,4)(H,5,6). The molecule has 1 heterocycles. The van der Waals surface area contributed by atoms with Crippen molar-refractivity contribution in [3.05, 3.63) is 30.1 Å². The van der Waals surface area contributed by atoms with Crippen molar-refractivity contribution in [2.75, 3.05) is 12.3 Å². The third-order valence-electron chi connectivity index (χ3n) is 1.78. The molecule has 0 unspecified atom stereocenters. The number of nitrogens with one attached hydrogen (secondary N) is 1. The van der Waals surface area contributed by atoms with Crippen molar-refractivity contribution in [3.63, 3.8) is 0 Å². The maximum atomic E-state index is 10.6. The minimum atomic E-state index is -3.36. The largest absolute Gasteiger partial charge is 0.473 e. The van der Waals surface area contributed by atoms with Gasteiger partial charge in [-0.25, -0.2) is 23.1 Å². The number of carbonyl (C=O) groups is 2. The molecule has 0 radical (unpaired) electrons. The second-order valence-electron chi connectivity index (χ2n) is 3.48. The zero-order chi connectivity index (χ0) is 15.6. The summed E-state index contributed by atoms with van der Waals surface area (Å²) in [5.74, 6) is -3.70. The maximum Gasteiger partial charge on any atom is 0.414 e. The normalized spacial score (nSPS) is 10.2. The Kier molecular flexibility index (Phi) is 8.04. The van der Waals surface area contributed by atoms with Crippen LogP contribution < -0.4 is 10.5 Å². The summed E-state index contributed by atoms with van der Waals surface area (Å²) in [4.78, 5) is 22.3. The summed E-state index contributed by atoms with van der Waals surface area (Å²) < 4.78 is 21.1. The van der Waals surface area contributed by atoms with E-state index >= 15 is 0 Å². The molecule has 1 aromatic rings. The molecule has 0 aliphatic rings. The van der Waals surface area contributed by atoms with Crippen LogP contribution in [0.3, 0.4) is 0 Å². The van der Waals surface area contributed by atoms with Crippen LogP contribution in [0.15, 0.2) is 24.4 Å². The number of aliphatic carboxylic acids is 2. The van der Waals surface area contributed by atoms with E-state index in [-0.39, 0.29) is 5.75 Å². The van der Waals surface area contributed by atoms with Crippen molar-refractivity contribution in [1.29, 1.82) is 0 Å². The van der Waals surface area contributed by atoms with Crippen LogP contribution in [0.25, 0.3) is 0 Å². The van der Waals surface area contributed by atoms with Gasteiger partial charge in [0, 0.05) is 19.3 Å². The summed E-state index contributed by atoms with van der Waals surface area (Å²) in [6.45, 7) is 0.895. The fraction of sp³-hybridized carbons (Fsp3) is 0.300. The summed E-state index contributed by atoms with van der Waals surface area (Å²) in [5.41, 5.74) is 0.877. The van der Waals surface area contributed by atoms with Crippen molar-refractivity contribution < 1.29 is 28.2 Å². The van der Waals surface area contributed by atoms with E-state index in [1.54, 1.807) is 6.20 Å². The van der Waals surface area contributed by atoms with Gasteiger partial charge in [-0.15, -0.1) is 0 Å². The van der Waals surface area contributed by atoms with Crippen LogP contribution in [0, 0.1) is 0 Å². The van der Waals surface area contributed by atoms with Gasteiger partial charge in [-0.1, -0.05) is 6.07 Å². The van der Waals surface area contributed by atoms with Gasteiger partial charge in [0.05, 0.1) is 11.4 Å². The molecule has 5 N–H and O–H groups in total. The molecule has 0 aromatic carbocycles. The maximum absolute atomic E-state index is 10.6. The first-order valence-electron chi connectivity index (χ1n) is 5.29. The Balaban J connectivity index is 0.000000511. The molecule has 1 aromatic heterocycles. The lowest BCUT2D eigenvalue weighted by Gasteiger charge is -2.02. The van der Waals surface area contributed by atoms with E-state index in [0.29, 0.717) is 13.1 Å². The molecule has 10 heteroatoms. The van der Waals surface area contributed by atoms with Gasteiger partial charge in [-0.2, -0.15) is 0 Å². The molecule has 1 rings (SSSR count). The lowest BCUT2D eigenvalue weighted by atomic mass is 10.3. The number of carboxylic acids is 2. The number of aromatic nitrogens is 1. The number of primary sulfonamides is 1. The SMILES string of the molecule is NS(=O)(=O)CCNCc1ccccn1.O=C(O)C(=O)O. The van der Waals surface area contributed by atoms with Crippen molar-refractivity contribution in [2.45, 2.75) is 6.54 Å². The monoisotopic (exact) mass is 305 g/mol. The van der Waals surface area contributed by atoms with Gasteiger partial charge in [-0.3, -0.25) is 4.98 Å². The fourth-order valence-electron chi connectivity index (χ4n) is 0.934. The molecular formula is C10H15N3O6S. The Hall–Kier alpha value is -2.04. The van der Waals surface area contributed by atoms with E-state index in [1.807, 2.05) is 18.2 Å². The molecule has 112 valence electrons. The first-order valence-corrected chi connectivity index (χ1v) is 7.01. The number of sulfonamides is 1. The highest BCUT2D eigenvalue weighted by atomic mass is 32.2. The summed E-state index contributed by atoms with van der Waals surface area (Å²) in [6, 6.07) is 5.57. The first kappa shape index (κ1) is 18.0. The van der Waals surface area contributed by atoms with Crippen LogP contribution in [-0.4, -0.2) is 47.9 Å². The Morgan fingerprint density at radius 2 is 1.85 bits per heavy atom. The van der Waals surface area contributed by atoms with Gasteiger partial charge >= 0.3 is 11.9 Å². The molecular weight excluding hydrogens is 290 g/mol. The van der Waals surface area contributed by atoms with Crippen LogP contribution in [-0.2, 0) is 26.2 Å². The number of pyridine rings is 1. The number of nitrogens with zero attached hydrogens (tertiary/aromatic N) is 1. The molecule has 0 amide bonds. The van der Waals surface area contributed by atoms with Crippen LogP contribution >= 0.6 is 0 Å². The van der Waals surface area contributed by atoms with Crippen LogP contribution in [0.5, 0.6) is 0 Å². The van der Waals surface area contributed by atoms with E-state index in [2.05, 4.69) is 10.3 Å². The minimum Gasteiger partial charge on any atom is -0.473 e. The third kappa shape index (κ3) is 11.1. The average Bonchev–Trinajstić information content (AvgIpc) is 2.35. The molecule has 0 aliphatic carbocycles. The molecule has 0 saturated heterocycles. The summed E-state index contributed by atoms with van der Waals surface area (Å²) in [7, 11) is -3.36. The Labute approximate surface area is 115 Å². The number of hydrogen-bond donors (Lipinski definition) is 4. The zero-order valence-electron chi connectivity index (χ0n) is 10.4. The Morgan fingerprint density at radius 1 is 1.25 bits per heavy atom. The highest BCUT2D eigenvalue weighted by Gasteiger charge is 2.04. The predicted octanol–water partition coefficient (Wildman–Crippen LogP) is -1.38. The molecule has 0 bridgehead atoms. The van der Waals surface area contributed by atoms with Crippen molar-refractivity contribution >= 4 is 22.0 Å². The van der Waals surface area contributed by atoms with Gasteiger partial charge in [0.1, 0.15) is 0 Å².